The number of halogens is 3. The van der Waals surface area contributed by atoms with Crippen LogP contribution in [0.4, 0.5) is 13.6 Å². The van der Waals surface area contributed by atoms with Crippen LogP contribution in [0.15, 0.2) is 23.2 Å². The monoisotopic (exact) mass is 512 g/mol. The standard InChI is InChI=1S/C19H30F2N4O2.HI/c1-5-22-17(23-10-6-11-25-18(26)27-19(2,3)4)24-12-9-14-13-15(20)7-8-16(14)21;/h7-8,13H,5-6,9-12H2,1-4H3,(H,25,26)(H2,22,23,24);1H. The maximum Gasteiger partial charge on any atom is 0.407 e. The Kier molecular flexibility index (Phi) is 12.7. The average Bonchev–Trinajstić information content (AvgIpc) is 2.56. The third-order valence-corrected chi connectivity index (χ3v) is 3.31. The molecule has 0 unspecified atom stereocenters. The van der Waals surface area contributed by atoms with Gasteiger partial charge < -0.3 is 20.7 Å². The summed E-state index contributed by atoms with van der Waals surface area (Å²) in [5, 5.41) is 8.84. The third-order valence-electron chi connectivity index (χ3n) is 3.31. The number of hydrogen-bond acceptors (Lipinski definition) is 3. The summed E-state index contributed by atoms with van der Waals surface area (Å²) in [7, 11) is 0. The second-order valence-electron chi connectivity index (χ2n) is 6.96. The van der Waals surface area contributed by atoms with Crippen molar-refractivity contribution < 1.29 is 18.3 Å². The van der Waals surface area contributed by atoms with Crippen LogP contribution in [0.25, 0.3) is 0 Å². The van der Waals surface area contributed by atoms with E-state index < -0.39 is 23.3 Å². The van der Waals surface area contributed by atoms with Crippen LogP contribution in [0.2, 0.25) is 0 Å². The van der Waals surface area contributed by atoms with Gasteiger partial charge in [-0.2, -0.15) is 0 Å². The highest BCUT2D eigenvalue weighted by Crippen LogP contribution is 2.09. The molecule has 0 aliphatic heterocycles. The topological polar surface area (TPSA) is 74.8 Å². The summed E-state index contributed by atoms with van der Waals surface area (Å²) in [5.74, 6) is -0.288. The quantitative estimate of drug-likeness (QED) is 0.216. The molecule has 9 heteroatoms. The van der Waals surface area contributed by atoms with Crippen LogP contribution in [0.1, 0.15) is 39.7 Å². The van der Waals surface area contributed by atoms with E-state index in [4.69, 9.17) is 4.74 Å². The second-order valence-corrected chi connectivity index (χ2v) is 6.96. The molecule has 0 radical (unpaired) electrons. The van der Waals surface area contributed by atoms with Gasteiger partial charge in [-0.3, -0.25) is 4.99 Å². The van der Waals surface area contributed by atoms with Gasteiger partial charge in [0.2, 0.25) is 0 Å². The van der Waals surface area contributed by atoms with Crippen molar-refractivity contribution in [1.29, 1.82) is 0 Å². The summed E-state index contributed by atoms with van der Waals surface area (Å²) in [6.45, 7) is 9.40. The lowest BCUT2D eigenvalue weighted by Gasteiger charge is -2.19. The van der Waals surface area contributed by atoms with E-state index in [1.54, 1.807) is 20.8 Å². The first kappa shape index (κ1) is 26.4. The number of guanidine groups is 1. The Hall–Kier alpha value is -1.65. The predicted molar refractivity (Wildman–Crippen MR) is 118 cm³/mol. The highest BCUT2D eigenvalue weighted by molar-refractivity contribution is 14.0. The van der Waals surface area contributed by atoms with Crippen molar-refractivity contribution >= 4 is 36.0 Å². The van der Waals surface area contributed by atoms with Gasteiger partial charge in [0, 0.05) is 26.2 Å². The summed E-state index contributed by atoms with van der Waals surface area (Å²) in [5.41, 5.74) is -0.203. The molecule has 1 aromatic rings. The molecule has 0 aromatic heterocycles. The van der Waals surface area contributed by atoms with E-state index in [1.165, 1.54) is 6.07 Å². The van der Waals surface area contributed by atoms with Gasteiger partial charge in [-0.15, -0.1) is 24.0 Å². The summed E-state index contributed by atoms with van der Waals surface area (Å²) in [4.78, 5) is 15.9. The van der Waals surface area contributed by atoms with Crippen LogP contribution in [0, 0.1) is 11.6 Å². The molecule has 0 spiro atoms. The van der Waals surface area contributed by atoms with E-state index in [2.05, 4.69) is 20.9 Å². The highest BCUT2D eigenvalue weighted by atomic mass is 127. The van der Waals surface area contributed by atoms with Crippen molar-refractivity contribution in [3.63, 3.8) is 0 Å². The van der Waals surface area contributed by atoms with Gasteiger partial charge in [0.15, 0.2) is 5.96 Å². The first-order chi connectivity index (χ1) is 12.7. The first-order valence-electron chi connectivity index (χ1n) is 9.14. The van der Waals surface area contributed by atoms with Gasteiger partial charge in [-0.1, -0.05) is 0 Å². The van der Waals surface area contributed by atoms with Crippen molar-refractivity contribution in [1.82, 2.24) is 16.0 Å². The summed E-state index contributed by atoms with van der Waals surface area (Å²) in [6.07, 6.45) is 0.538. The number of ether oxygens (including phenoxy) is 1. The number of amides is 1. The van der Waals surface area contributed by atoms with E-state index in [1.807, 2.05) is 6.92 Å². The molecule has 1 aromatic carbocycles. The SMILES string of the molecule is CCNC(=NCCCNC(=O)OC(C)(C)C)NCCc1cc(F)ccc1F.I. The molecular formula is C19H31F2IN4O2. The Labute approximate surface area is 182 Å². The smallest absolute Gasteiger partial charge is 0.407 e. The van der Waals surface area contributed by atoms with E-state index >= 15 is 0 Å². The van der Waals surface area contributed by atoms with Crippen molar-refractivity contribution in [3.8, 4) is 0 Å². The molecule has 28 heavy (non-hydrogen) atoms. The zero-order chi connectivity index (χ0) is 20.3. The molecule has 0 atom stereocenters. The van der Waals surface area contributed by atoms with Gasteiger partial charge in [-0.05, 0) is 64.3 Å². The third kappa shape index (κ3) is 11.9. The van der Waals surface area contributed by atoms with Gasteiger partial charge >= 0.3 is 6.09 Å². The molecule has 0 fully saturated rings. The van der Waals surface area contributed by atoms with Crippen molar-refractivity contribution in [3.05, 3.63) is 35.4 Å². The molecule has 0 heterocycles. The molecule has 6 nitrogen and oxygen atoms in total. The average molecular weight is 512 g/mol. The van der Waals surface area contributed by atoms with E-state index in [-0.39, 0.29) is 24.0 Å². The number of benzene rings is 1. The summed E-state index contributed by atoms with van der Waals surface area (Å²) in [6, 6.07) is 3.42. The molecule has 0 saturated heterocycles. The number of aliphatic imine (C=N–C) groups is 1. The number of hydrogen-bond donors (Lipinski definition) is 3. The van der Waals surface area contributed by atoms with Crippen LogP contribution >= 0.6 is 24.0 Å². The number of carbonyl (C=O) groups excluding carboxylic acids is 1. The van der Waals surface area contributed by atoms with Crippen LogP contribution in [-0.4, -0.2) is 43.8 Å². The fourth-order valence-electron chi connectivity index (χ4n) is 2.17. The predicted octanol–water partition coefficient (Wildman–Crippen LogP) is 3.60. The van der Waals surface area contributed by atoms with Gasteiger partial charge in [0.05, 0.1) is 0 Å². The molecule has 3 N–H and O–H groups in total. The molecular weight excluding hydrogens is 481 g/mol. The minimum absolute atomic E-state index is 0. The van der Waals surface area contributed by atoms with Gasteiger partial charge in [0.1, 0.15) is 17.2 Å². The van der Waals surface area contributed by atoms with Crippen LogP contribution in [0.3, 0.4) is 0 Å². The lowest BCUT2D eigenvalue weighted by atomic mass is 10.1. The van der Waals surface area contributed by atoms with Crippen molar-refractivity contribution in [2.75, 3.05) is 26.2 Å². The Bertz CT molecular complexity index is 637. The lowest BCUT2D eigenvalue weighted by molar-refractivity contribution is 0.0527. The van der Waals surface area contributed by atoms with Gasteiger partial charge in [0.25, 0.3) is 0 Å². The zero-order valence-electron chi connectivity index (χ0n) is 16.9. The molecule has 0 aliphatic rings. The normalized spacial score (nSPS) is 11.4. The molecule has 0 saturated carbocycles. The molecule has 1 amide bonds. The Morgan fingerprint density at radius 3 is 2.50 bits per heavy atom. The fourth-order valence-corrected chi connectivity index (χ4v) is 2.17. The van der Waals surface area contributed by atoms with Crippen molar-refractivity contribution in [2.24, 2.45) is 4.99 Å². The number of rotatable bonds is 8. The van der Waals surface area contributed by atoms with Crippen LogP contribution in [0.5, 0.6) is 0 Å². The summed E-state index contributed by atoms with van der Waals surface area (Å²) >= 11 is 0. The summed E-state index contributed by atoms with van der Waals surface area (Å²) < 4.78 is 31.9. The zero-order valence-corrected chi connectivity index (χ0v) is 19.2. The number of nitrogens with one attached hydrogen (secondary N) is 3. The highest BCUT2D eigenvalue weighted by Gasteiger charge is 2.15. The van der Waals surface area contributed by atoms with E-state index in [9.17, 15) is 13.6 Å². The molecule has 0 bridgehead atoms. The number of carbonyl (C=O) groups is 1. The molecule has 160 valence electrons. The maximum atomic E-state index is 13.6. The molecule has 0 aliphatic carbocycles. The maximum absolute atomic E-state index is 13.6. The Morgan fingerprint density at radius 2 is 1.86 bits per heavy atom. The molecule has 1 rings (SSSR count). The number of nitrogens with zero attached hydrogens (tertiary/aromatic N) is 1. The first-order valence-corrected chi connectivity index (χ1v) is 9.14. The minimum Gasteiger partial charge on any atom is -0.444 e. The van der Waals surface area contributed by atoms with E-state index in [0.717, 1.165) is 12.1 Å². The van der Waals surface area contributed by atoms with Gasteiger partial charge in [-0.25, -0.2) is 13.6 Å². The van der Waals surface area contributed by atoms with E-state index in [0.29, 0.717) is 50.5 Å². The second kappa shape index (κ2) is 13.5. The van der Waals surface area contributed by atoms with Crippen LogP contribution < -0.4 is 16.0 Å². The van der Waals surface area contributed by atoms with Crippen LogP contribution in [-0.2, 0) is 11.2 Å². The number of alkyl carbamates (subject to hydrolysis) is 1. The Morgan fingerprint density at radius 1 is 1.14 bits per heavy atom. The Balaban J connectivity index is 0.00000729. The lowest BCUT2D eigenvalue weighted by Crippen LogP contribution is -2.38. The largest absolute Gasteiger partial charge is 0.444 e. The fraction of sp³-hybridized carbons (Fsp3) is 0.579. The minimum atomic E-state index is -0.522. The van der Waals surface area contributed by atoms with Crippen molar-refractivity contribution in [2.45, 2.75) is 46.1 Å².